The molecule has 0 saturated heterocycles. The summed E-state index contributed by atoms with van der Waals surface area (Å²) in [7, 11) is 0. The Morgan fingerprint density at radius 1 is 1.11 bits per heavy atom. The first-order valence-corrected chi connectivity index (χ1v) is 9.06. The number of benzene rings is 3. The smallest absolute Gasteiger partial charge is 0.338 e. The van der Waals surface area contributed by atoms with Gasteiger partial charge in [0, 0.05) is 11.3 Å². The van der Waals surface area contributed by atoms with E-state index in [1.54, 1.807) is 12.1 Å². The summed E-state index contributed by atoms with van der Waals surface area (Å²) in [6, 6.07) is 19.1. The zero-order valence-electron chi connectivity index (χ0n) is 15.0. The summed E-state index contributed by atoms with van der Waals surface area (Å²) in [5, 5.41) is 0.223. The van der Waals surface area contributed by atoms with E-state index in [0.717, 1.165) is 17.0 Å². The number of esters is 1. The molecule has 28 heavy (non-hydrogen) atoms. The first-order valence-electron chi connectivity index (χ1n) is 8.68. The van der Waals surface area contributed by atoms with E-state index in [4.69, 9.17) is 16.3 Å². The number of fused-ring (bicyclic) bond motifs is 1. The predicted octanol–water partition coefficient (Wildman–Crippen LogP) is 5.48. The summed E-state index contributed by atoms with van der Waals surface area (Å²) in [6.07, 6.45) is 0. The number of aromatic nitrogens is 2. The van der Waals surface area contributed by atoms with Gasteiger partial charge in [-0.3, -0.25) is 4.57 Å². The number of rotatable bonds is 4. The van der Waals surface area contributed by atoms with Crippen molar-refractivity contribution in [3.05, 3.63) is 94.5 Å². The number of aryl methyl sites for hydroxylation is 1. The van der Waals surface area contributed by atoms with Crippen LogP contribution in [0.4, 0.5) is 4.39 Å². The third-order valence-electron chi connectivity index (χ3n) is 4.45. The summed E-state index contributed by atoms with van der Waals surface area (Å²) >= 11 is 5.97. The zero-order chi connectivity index (χ0) is 19.7. The summed E-state index contributed by atoms with van der Waals surface area (Å²) in [6.45, 7) is 1.88. The number of nitrogens with zero attached hydrogens (tertiary/aromatic N) is 2. The van der Waals surface area contributed by atoms with Gasteiger partial charge in [0.15, 0.2) is 0 Å². The minimum atomic E-state index is -0.491. The summed E-state index contributed by atoms with van der Waals surface area (Å²) in [4.78, 5) is 17.0. The molecule has 4 rings (SSSR count). The molecule has 3 aromatic carbocycles. The van der Waals surface area contributed by atoms with Gasteiger partial charge in [-0.2, -0.15) is 0 Å². The molecule has 0 atom stereocenters. The van der Waals surface area contributed by atoms with Crippen LogP contribution in [0.25, 0.3) is 16.7 Å². The van der Waals surface area contributed by atoms with Crippen LogP contribution in [0.3, 0.4) is 0 Å². The standard InChI is InChI=1S/C22H16ClFN2O2/c1-14-25-20-11-15(8-10-21(20)26(14)18-5-3-2-4-6-18)22(27)28-13-16-7-9-17(24)12-19(16)23/h2-12H,13H2,1H3. The molecule has 140 valence electrons. The molecule has 4 aromatic rings. The number of para-hydroxylation sites is 1. The first kappa shape index (κ1) is 18.2. The minimum Gasteiger partial charge on any atom is -0.457 e. The van der Waals surface area contributed by atoms with E-state index in [2.05, 4.69) is 4.98 Å². The molecule has 0 amide bonds. The molecule has 0 saturated carbocycles. The molecule has 6 heteroatoms. The average molecular weight is 395 g/mol. The van der Waals surface area contributed by atoms with Gasteiger partial charge in [-0.25, -0.2) is 14.2 Å². The average Bonchev–Trinajstić information content (AvgIpc) is 3.02. The maximum Gasteiger partial charge on any atom is 0.338 e. The number of ether oxygens (including phenoxy) is 1. The van der Waals surface area contributed by atoms with E-state index in [9.17, 15) is 9.18 Å². The van der Waals surface area contributed by atoms with E-state index in [1.165, 1.54) is 18.2 Å². The molecule has 0 aliphatic heterocycles. The van der Waals surface area contributed by atoms with E-state index in [-0.39, 0.29) is 11.6 Å². The Bertz CT molecular complexity index is 1170. The van der Waals surface area contributed by atoms with Gasteiger partial charge >= 0.3 is 5.97 Å². The largest absolute Gasteiger partial charge is 0.457 e. The number of carbonyl (C=O) groups is 1. The van der Waals surface area contributed by atoms with E-state index in [0.29, 0.717) is 16.6 Å². The van der Waals surface area contributed by atoms with Crippen LogP contribution in [0.2, 0.25) is 5.02 Å². The van der Waals surface area contributed by atoms with Crippen LogP contribution >= 0.6 is 11.6 Å². The third-order valence-corrected chi connectivity index (χ3v) is 4.80. The van der Waals surface area contributed by atoms with Crippen LogP contribution in [0.15, 0.2) is 66.7 Å². The molecular weight excluding hydrogens is 379 g/mol. The van der Waals surface area contributed by atoms with Crippen LogP contribution in [0.5, 0.6) is 0 Å². The van der Waals surface area contributed by atoms with Crippen molar-refractivity contribution in [1.29, 1.82) is 0 Å². The maximum absolute atomic E-state index is 13.1. The maximum atomic E-state index is 13.1. The fourth-order valence-corrected chi connectivity index (χ4v) is 3.32. The van der Waals surface area contributed by atoms with Gasteiger partial charge in [0.1, 0.15) is 18.2 Å². The SMILES string of the molecule is Cc1nc2cc(C(=O)OCc3ccc(F)cc3Cl)ccc2n1-c1ccccc1. The number of hydrogen-bond acceptors (Lipinski definition) is 3. The lowest BCUT2D eigenvalue weighted by Crippen LogP contribution is -2.05. The molecule has 0 aliphatic carbocycles. The van der Waals surface area contributed by atoms with Crippen molar-refractivity contribution in [2.75, 3.05) is 0 Å². The van der Waals surface area contributed by atoms with Crippen molar-refractivity contribution >= 4 is 28.6 Å². The highest BCUT2D eigenvalue weighted by Crippen LogP contribution is 2.23. The number of imidazole rings is 1. The number of carbonyl (C=O) groups excluding carboxylic acids is 1. The fraction of sp³-hybridized carbons (Fsp3) is 0.0909. The van der Waals surface area contributed by atoms with Crippen molar-refractivity contribution in [2.45, 2.75) is 13.5 Å². The van der Waals surface area contributed by atoms with Crippen molar-refractivity contribution in [2.24, 2.45) is 0 Å². The van der Waals surface area contributed by atoms with E-state index in [1.807, 2.05) is 47.9 Å². The monoisotopic (exact) mass is 394 g/mol. The Balaban J connectivity index is 1.59. The predicted molar refractivity (Wildman–Crippen MR) is 106 cm³/mol. The second kappa shape index (κ2) is 7.44. The molecule has 0 aliphatic rings. The molecule has 0 unspecified atom stereocenters. The van der Waals surface area contributed by atoms with Crippen LogP contribution in [-0.4, -0.2) is 15.5 Å². The summed E-state index contributed by atoms with van der Waals surface area (Å²) in [5.74, 6) is -0.103. The van der Waals surface area contributed by atoms with Crippen LogP contribution in [0.1, 0.15) is 21.7 Å². The van der Waals surface area contributed by atoms with Crippen molar-refractivity contribution in [1.82, 2.24) is 9.55 Å². The first-order chi connectivity index (χ1) is 13.5. The lowest BCUT2D eigenvalue weighted by Gasteiger charge is -2.08. The highest BCUT2D eigenvalue weighted by molar-refractivity contribution is 6.31. The topological polar surface area (TPSA) is 44.1 Å². The zero-order valence-corrected chi connectivity index (χ0v) is 15.8. The molecule has 4 nitrogen and oxygen atoms in total. The minimum absolute atomic E-state index is 0.0343. The molecule has 0 fully saturated rings. The summed E-state index contributed by atoms with van der Waals surface area (Å²) < 4.78 is 20.5. The molecule has 0 bridgehead atoms. The summed E-state index contributed by atoms with van der Waals surface area (Å²) in [5.41, 5.74) is 3.55. The molecule has 0 spiro atoms. The van der Waals surface area contributed by atoms with Crippen molar-refractivity contribution in [3.63, 3.8) is 0 Å². The van der Waals surface area contributed by atoms with E-state index < -0.39 is 11.8 Å². The Morgan fingerprint density at radius 2 is 1.89 bits per heavy atom. The van der Waals surface area contributed by atoms with Gasteiger partial charge in [-0.05, 0) is 49.4 Å². The molecule has 1 heterocycles. The lowest BCUT2D eigenvalue weighted by molar-refractivity contribution is 0.0473. The van der Waals surface area contributed by atoms with Gasteiger partial charge in [0.2, 0.25) is 0 Å². The normalized spacial score (nSPS) is 11.0. The highest BCUT2D eigenvalue weighted by Gasteiger charge is 2.14. The molecule has 0 radical (unpaired) electrons. The number of halogens is 2. The Hall–Kier alpha value is -3.18. The van der Waals surface area contributed by atoms with E-state index >= 15 is 0 Å². The van der Waals surface area contributed by atoms with Gasteiger partial charge in [-0.15, -0.1) is 0 Å². The Kier molecular flexibility index (Phi) is 4.84. The lowest BCUT2D eigenvalue weighted by atomic mass is 10.2. The van der Waals surface area contributed by atoms with Crippen LogP contribution < -0.4 is 0 Å². The Morgan fingerprint density at radius 3 is 2.64 bits per heavy atom. The van der Waals surface area contributed by atoms with Gasteiger partial charge in [0.25, 0.3) is 0 Å². The van der Waals surface area contributed by atoms with Crippen LogP contribution in [0, 0.1) is 12.7 Å². The van der Waals surface area contributed by atoms with Crippen molar-refractivity contribution in [3.8, 4) is 5.69 Å². The third kappa shape index (κ3) is 3.49. The molecule has 1 aromatic heterocycles. The fourth-order valence-electron chi connectivity index (χ4n) is 3.10. The van der Waals surface area contributed by atoms with Crippen LogP contribution in [-0.2, 0) is 11.3 Å². The molecular formula is C22H16ClFN2O2. The highest BCUT2D eigenvalue weighted by atomic mass is 35.5. The number of hydrogen-bond donors (Lipinski definition) is 0. The second-order valence-corrected chi connectivity index (χ2v) is 6.75. The Labute approximate surface area is 166 Å². The van der Waals surface area contributed by atoms with Gasteiger partial charge in [0.05, 0.1) is 21.6 Å². The molecule has 0 N–H and O–H groups in total. The second-order valence-electron chi connectivity index (χ2n) is 6.35. The van der Waals surface area contributed by atoms with Crippen molar-refractivity contribution < 1.29 is 13.9 Å². The van der Waals surface area contributed by atoms with Gasteiger partial charge in [-0.1, -0.05) is 35.9 Å². The quantitative estimate of drug-likeness (QED) is 0.430. The van der Waals surface area contributed by atoms with Gasteiger partial charge < -0.3 is 4.74 Å².